The summed E-state index contributed by atoms with van der Waals surface area (Å²) in [4.78, 5) is 26.2. The molecule has 0 spiro atoms. The Balaban J connectivity index is 1.75. The van der Waals surface area contributed by atoms with Crippen LogP contribution in [0.2, 0.25) is 0 Å². The molecule has 0 aliphatic carbocycles. The first-order valence-corrected chi connectivity index (χ1v) is 8.83. The summed E-state index contributed by atoms with van der Waals surface area (Å²) in [5, 5.41) is 7.69. The Morgan fingerprint density at radius 3 is 2.20 bits per heavy atom. The minimum atomic E-state index is -0.742. The number of benzene rings is 2. The van der Waals surface area contributed by atoms with Crippen molar-refractivity contribution in [2.75, 3.05) is 0 Å². The van der Waals surface area contributed by atoms with Gasteiger partial charge in [-0.15, -0.1) is 11.3 Å². The molecule has 2 N–H and O–H groups in total. The second-order valence-corrected chi connectivity index (χ2v) is 6.51. The Kier molecular flexibility index (Phi) is 5.59. The Morgan fingerprint density at radius 2 is 1.56 bits per heavy atom. The van der Waals surface area contributed by atoms with Gasteiger partial charge in [0.15, 0.2) is 0 Å². The summed E-state index contributed by atoms with van der Waals surface area (Å²) >= 11 is 1.58. The monoisotopic (exact) mass is 350 g/mol. The molecule has 25 heavy (non-hydrogen) atoms. The van der Waals surface area contributed by atoms with Crippen molar-refractivity contribution >= 4 is 23.2 Å². The first-order chi connectivity index (χ1) is 12.2. The summed E-state index contributed by atoms with van der Waals surface area (Å²) < 4.78 is 0. The van der Waals surface area contributed by atoms with Gasteiger partial charge in [-0.1, -0.05) is 54.6 Å². The van der Waals surface area contributed by atoms with Gasteiger partial charge in [0, 0.05) is 10.4 Å². The number of carbonyl (C=O) groups is 2. The first kappa shape index (κ1) is 16.9. The molecule has 1 unspecified atom stereocenters. The van der Waals surface area contributed by atoms with Gasteiger partial charge in [-0.3, -0.25) is 9.59 Å². The molecule has 3 aromatic rings. The standard InChI is InChI=1S/C20H18N2O2S/c23-19(16-10-5-2-6-11-16)22-18(15-8-3-1-4-9-15)20(24)21-14-17-12-7-13-25-17/h1-13,18H,14H2,(H,21,24)(H,22,23). The molecule has 126 valence electrons. The molecule has 3 rings (SSSR count). The summed E-state index contributed by atoms with van der Waals surface area (Å²) in [5.74, 6) is -0.510. The van der Waals surface area contributed by atoms with Crippen LogP contribution in [0, 0.1) is 0 Å². The van der Waals surface area contributed by atoms with Crippen LogP contribution in [0.5, 0.6) is 0 Å². The maximum absolute atomic E-state index is 12.7. The fourth-order valence-electron chi connectivity index (χ4n) is 2.44. The number of thiophene rings is 1. The topological polar surface area (TPSA) is 58.2 Å². The number of hydrogen-bond acceptors (Lipinski definition) is 3. The van der Waals surface area contributed by atoms with E-state index in [0.717, 1.165) is 10.4 Å². The fourth-order valence-corrected chi connectivity index (χ4v) is 3.08. The van der Waals surface area contributed by atoms with Crippen molar-refractivity contribution in [3.8, 4) is 0 Å². The molecule has 0 bridgehead atoms. The van der Waals surface area contributed by atoms with E-state index in [1.807, 2.05) is 53.9 Å². The maximum Gasteiger partial charge on any atom is 0.252 e. The molecule has 2 aromatic carbocycles. The van der Waals surface area contributed by atoms with Crippen LogP contribution in [0.4, 0.5) is 0 Å². The van der Waals surface area contributed by atoms with Crippen LogP contribution in [0.1, 0.15) is 26.8 Å². The van der Waals surface area contributed by atoms with E-state index in [0.29, 0.717) is 12.1 Å². The number of hydrogen-bond donors (Lipinski definition) is 2. The van der Waals surface area contributed by atoms with Crippen LogP contribution in [0.15, 0.2) is 78.2 Å². The zero-order valence-corrected chi connectivity index (χ0v) is 14.3. The van der Waals surface area contributed by atoms with E-state index in [1.165, 1.54) is 0 Å². The summed E-state index contributed by atoms with van der Waals surface area (Å²) in [6.07, 6.45) is 0. The van der Waals surface area contributed by atoms with Crippen LogP contribution >= 0.6 is 11.3 Å². The van der Waals surface area contributed by atoms with E-state index >= 15 is 0 Å². The lowest BCUT2D eigenvalue weighted by atomic mass is 10.1. The minimum absolute atomic E-state index is 0.233. The van der Waals surface area contributed by atoms with Gasteiger partial charge in [0.1, 0.15) is 6.04 Å². The normalized spacial score (nSPS) is 11.5. The summed E-state index contributed by atoms with van der Waals surface area (Å²) in [7, 11) is 0. The summed E-state index contributed by atoms with van der Waals surface area (Å²) in [6, 6.07) is 21.3. The van der Waals surface area contributed by atoms with Gasteiger partial charge < -0.3 is 10.6 Å². The van der Waals surface area contributed by atoms with Crippen molar-refractivity contribution in [1.82, 2.24) is 10.6 Å². The molecule has 0 fully saturated rings. The second-order valence-electron chi connectivity index (χ2n) is 5.48. The van der Waals surface area contributed by atoms with Gasteiger partial charge in [-0.25, -0.2) is 0 Å². The maximum atomic E-state index is 12.7. The van der Waals surface area contributed by atoms with Crippen molar-refractivity contribution in [1.29, 1.82) is 0 Å². The number of carbonyl (C=O) groups excluding carboxylic acids is 2. The molecule has 0 radical (unpaired) electrons. The third-order valence-electron chi connectivity index (χ3n) is 3.72. The Hall–Kier alpha value is -2.92. The van der Waals surface area contributed by atoms with Crippen molar-refractivity contribution in [3.05, 3.63) is 94.2 Å². The van der Waals surface area contributed by atoms with Gasteiger partial charge in [0.05, 0.1) is 6.54 Å². The van der Waals surface area contributed by atoms with Gasteiger partial charge >= 0.3 is 0 Å². The zero-order valence-electron chi connectivity index (χ0n) is 13.5. The fraction of sp³-hybridized carbons (Fsp3) is 0.100. The Morgan fingerprint density at radius 1 is 0.880 bits per heavy atom. The molecule has 0 aliphatic rings. The molecule has 1 heterocycles. The van der Waals surface area contributed by atoms with Gasteiger partial charge in [0.2, 0.25) is 5.91 Å². The van der Waals surface area contributed by atoms with Crippen LogP contribution < -0.4 is 10.6 Å². The molecular formula is C20H18N2O2S. The quantitative estimate of drug-likeness (QED) is 0.714. The van der Waals surface area contributed by atoms with Crippen LogP contribution in [0.25, 0.3) is 0 Å². The zero-order chi connectivity index (χ0) is 17.5. The van der Waals surface area contributed by atoms with Crippen LogP contribution in [-0.4, -0.2) is 11.8 Å². The largest absolute Gasteiger partial charge is 0.349 e. The lowest BCUT2D eigenvalue weighted by Gasteiger charge is -2.19. The van der Waals surface area contributed by atoms with Gasteiger partial charge in [-0.2, -0.15) is 0 Å². The second kappa shape index (κ2) is 8.26. The first-order valence-electron chi connectivity index (χ1n) is 7.95. The Labute approximate surface area is 150 Å². The lowest BCUT2D eigenvalue weighted by molar-refractivity contribution is -0.123. The average Bonchev–Trinajstić information content (AvgIpc) is 3.19. The average molecular weight is 350 g/mol. The highest BCUT2D eigenvalue weighted by atomic mass is 32.1. The van der Waals surface area contributed by atoms with E-state index in [1.54, 1.807) is 35.6 Å². The van der Waals surface area contributed by atoms with Crippen LogP contribution in [-0.2, 0) is 11.3 Å². The molecule has 1 atom stereocenters. The number of amides is 2. The van der Waals surface area contributed by atoms with Crippen molar-refractivity contribution in [3.63, 3.8) is 0 Å². The molecule has 4 nitrogen and oxygen atoms in total. The number of rotatable bonds is 6. The molecule has 1 aromatic heterocycles. The highest BCUT2D eigenvalue weighted by Crippen LogP contribution is 2.15. The van der Waals surface area contributed by atoms with Crippen LogP contribution in [0.3, 0.4) is 0 Å². The van der Waals surface area contributed by atoms with Gasteiger partial charge in [-0.05, 0) is 29.1 Å². The van der Waals surface area contributed by atoms with Crippen molar-refractivity contribution in [2.45, 2.75) is 12.6 Å². The number of nitrogens with one attached hydrogen (secondary N) is 2. The van der Waals surface area contributed by atoms with E-state index in [9.17, 15) is 9.59 Å². The summed E-state index contributed by atoms with van der Waals surface area (Å²) in [5.41, 5.74) is 1.27. The molecule has 0 saturated heterocycles. The Bertz CT molecular complexity index is 817. The van der Waals surface area contributed by atoms with Crippen molar-refractivity contribution in [2.24, 2.45) is 0 Å². The highest BCUT2D eigenvalue weighted by Gasteiger charge is 2.23. The lowest BCUT2D eigenvalue weighted by Crippen LogP contribution is -2.40. The SMILES string of the molecule is O=C(NC(C(=O)NCc1cccs1)c1ccccc1)c1ccccc1. The van der Waals surface area contributed by atoms with E-state index in [-0.39, 0.29) is 11.8 Å². The summed E-state index contributed by atoms with van der Waals surface area (Å²) in [6.45, 7) is 0.445. The predicted octanol–water partition coefficient (Wildman–Crippen LogP) is 3.54. The van der Waals surface area contributed by atoms with E-state index in [4.69, 9.17) is 0 Å². The molecular weight excluding hydrogens is 332 g/mol. The van der Waals surface area contributed by atoms with E-state index < -0.39 is 6.04 Å². The molecule has 0 aliphatic heterocycles. The minimum Gasteiger partial charge on any atom is -0.349 e. The van der Waals surface area contributed by atoms with E-state index in [2.05, 4.69) is 10.6 Å². The van der Waals surface area contributed by atoms with Gasteiger partial charge in [0.25, 0.3) is 5.91 Å². The molecule has 2 amide bonds. The predicted molar refractivity (Wildman–Crippen MR) is 99.3 cm³/mol. The highest BCUT2D eigenvalue weighted by molar-refractivity contribution is 7.09. The smallest absolute Gasteiger partial charge is 0.252 e. The third kappa shape index (κ3) is 4.55. The third-order valence-corrected chi connectivity index (χ3v) is 4.60. The van der Waals surface area contributed by atoms with Crippen molar-refractivity contribution < 1.29 is 9.59 Å². The molecule has 5 heteroatoms. The molecule has 0 saturated carbocycles.